The average molecular weight is 397 g/mol. The van der Waals surface area contributed by atoms with Gasteiger partial charge in [0.05, 0.1) is 22.7 Å². The first-order valence-corrected chi connectivity index (χ1v) is 9.90. The van der Waals surface area contributed by atoms with Crippen molar-refractivity contribution in [1.82, 2.24) is 9.55 Å². The smallest absolute Gasteiger partial charge is 0.325 e. The quantitative estimate of drug-likeness (QED) is 0.691. The van der Waals surface area contributed by atoms with Crippen molar-refractivity contribution < 1.29 is 18.0 Å². The van der Waals surface area contributed by atoms with E-state index in [9.17, 15) is 18.0 Å². The molecule has 0 unspecified atom stereocenters. The van der Waals surface area contributed by atoms with Gasteiger partial charge in [-0.1, -0.05) is 36.7 Å². The van der Waals surface area contributed by atoms with Gasteiger partial charge in [-0.05, 0) is 38.8 Å². The van der Waals surface area contributed by atoms with Crippen molar-refractivity contribution in [2.24, 2.45) is 0 Å². The van der Waals surface area contributed by atoms with Crippen LogP contribution < -0.4 is 5.32 Å². The van der Waals surface area contributed by atoms with Crippen molar-refractivity contribution in [2.45, 2.75) is 56.9 Å². The second-order valence-corrected chi connectivity index (χ2v) is 7.70. The fraction of sp³-hybridized carbons (Fsp3) is 0.474. The summed E-state index contributed by atoms with van der Waals surface area (Å²) in [4.78, 5) is 16.8. The number of aryl methyl sites for hydroxylation is 1. The van der Waals surface area contributed by atoms with E-state index >= 15 is 0 Å². The number of rotatable bonds is 5. The molecular weight excluding hydrogens is 375 g/mol. The third-order valence-electron chi connectivity index (χ3n) is 4.88. The highest BCUT2D eigenvalue weighted by Gasteiger charge is 2.33. The summed E-state index contributed by atoms with van der Waals surface area (Å²) in [5.41, 5.74) is 0.948. The zero-order valence-electron chi connectivity index (χ0n) is 15.3. The summed E-state index contributed by atoms with van der Waals surface area (Å²) < 4.78 is 41.3. The number of alkyl halides is 3. The zero-order valence-corrected chi connectivity index (χ0v) is 16.1. The van der Waals surface area contributed by atoms with Crippen molar-refractivity contribution in [3.63, 3.8) is 0 Å². The van der Waals surface area contributed by atoms with Gasteiger partial charge in [-0.2, -0.15) is 13.2 Å². The Hall–Kier alpha value is -1.96. The minimum Gasteiger partial charge on any atom is -0.325 e. The van der Waals surface area contributed by atoms with Gasteiger partial charge < -0.3 is 9.88 Å². The van der Waals surface area contributed by atoms with Crippen LogP contribution in [0.3, 0.4) is 0 Å². The SMILES string of the molecule is Cc1nc(SCC(=O)Nc2ccccc2C(F)(F)F)n(C2CCCC2)c1C. The number of carbonyl (C=O) groups excluding carboxylic acids is 1. The van der Waals surface area contributed by atoms with Crippen LogP contribution in [0, 0.1) is 13.8 Å². The van der Waals surface area contributed by atoms with Gasteiger partial charge in [-0.15, -0.1) is 0 Å². The van der Waals surface area contributed by atoms with Crippen LogP contribution in [0.25, 0.3) is 0 Å². The molecule has 4 nitrogen and oxygen atoms in total. The van der Waals surface area contributed by atoms with E-state index in [4.69, 9.17) is 0 Å². The highest BCUT2D eigenvalue weighted by molar-refractivity contribution is 7.99. The molecule has 8 heteroatoms. The van der Waals surface area contributed by atoms with Gasteiger partial charge in [0, 0.05) is 11.7 Å². The summed E-state index contributed by atoms with van der Waals surface area (Å²) in [6.07, 6.45) is 0.0367. The van der Waals surface area contributed by atoms with Gasteiger partial charge in [0.15, 0.2) is 5.16 Å². The van der Waals surface area contributed by atoms with Crippen LogP contribution in [-0.4, -0.2) is 21.2 Å². The lowest BCUT2D eigenvalue weighted by molar-refractivity contribution is -0.137. The molecule has 0 bridgehead atoms. The van der Waals surface area contributed by atoms with Crippen LogP contribution >= 0.6 is 11.8 Å². The lowest BCUT2D eigenvalue weighted by Gasteiger charge is -2.17. The number of aromatic nitrogens is 2. The van der Waals surface area contributed by atoms with Gasteiger partial charge in [-0.25, -0.2) is 4.98 Å². The second kappa shape index (κ2) is 7.96. The molecule has 1 amide bonds. The van der Waals surface area contributed by atoms with Crippen LogP contribution in [0.4, 0.5) is 18.9 Å². The molecule has 1 aliphatic rings. The highest BCUT2D eigenvalue weighted by atomic mass is 32.2. The predicted molar refractivity (Wildman–Crippen MR) is 100 cm³/mol. The Labute approximate surface area is 160 Å². The summed E-state index contributed by atoms with van der Waals surface area (Å²) in [5, 5.41) is 3.14. The normalized spacial score (nSPS) is 15.3. The van der Waals surface area contributed by atoms with Crippen molar-refractivity contribution in [3.05, 3.63) is 41.2 Å². The minimum absolute atomic E-state index is 0.00873. The maximum absolute atomic E-state index is 13.1. The maximum atomic E-state index is 13.1. The zero-order chi connectivity index (χ0) is 19.6. The van der Waals surface area contributed by atoms with Gasteiger partial charge in [0.1, 0.15) is 0 Å². The molecule has 1 aromatic carbocycles. The van der Waals surface area contributed by atoms with Gasteiger partial charge in [0.25, 0.3) is 0 Å². The number of thioether (sulfide) groups is 1. The number of hydrogen-bond donors (Lipinski definition) is 1. The van der Waals surface area contributed by atoms with Gasteiger partial charge >= 0.3 is 6.18 Å². The molecule has 1 N–H and O–H groups in total. The molecule has 1 aromatic heterocycles. The first-order chi connectivity index (χ1) is 12.8. The molecule has 2 aromatic rings. The van der Waals surface area contributed by atoms with Crippen molar-refractivity contribution in [1.29, 1.82) is 0 Å². The van der Waals surface area contributed by atoms with Crippen LogP contribution in [0.5, 0.6) is 0 Å². The number of nitrogens with one attached hydrogen (secondary N) is 1. The standard InChI is InChI=1S/C19H22F3N3OS/c1-12-13(2)25(14-7-3-4-8-14)18(23-12)27-11-17(26)24-16-10-6-5-9-15(16)19(20,21)22/h5-6,9-10,14H,3-4,7-8,11H2,1-2H3,(H,24,26). The summed E-state index contributed by atoms with van der Waals surface area (Å²) in [6.45, 7) is 3.95. The number of carbonyl (C=O) groups is 1. The van der Waals surface area contributed by atoms with Crippen molar-refractivity contribution >= 4 is 23.4 Å². The number of para-hydroxylation sites is 1. The molecule has 1 fully saturated rings. The molecular formula is C19H22F3N3OS. The summed E-state index contributed by atoms with van der Waals surface area (Å²) in [6, 6.07) is 5.39. The summed E-state index contributed by atoms with van der Waals surface area (Å²) in [7, 11) is 0. The average Bonchev–Trinajstić information content (AvgIpc) is 3.21. The van der Waals surface area contributed by atoms with Crippen LogP contribution in [0.1, 0.15) is 48.7 Å². The number of imidazole rings is 1. The molecule has 146 valence electrons. The van der Waals surface area contributed by atoms with Crippen molar-refractivity contribution in [2.75, 3.05) is 11.1 Å². The largest absolute Gasteiger partial charge is 0.418 e. The Morgan fingerprint density at radius 2 is 1.93 bits per heavy atom. The third-order valence-corrected chi connectivity index (χ3v) is 5.84. The number of hydrogen-bond acceptors (Lipinski definition) is 3. The highest BCUT2D eigenvalue weighted by Crippen LogP contribution is 2.36. The van der Waals surface area contributed by atoms with Gasteiger partial charge in [-0.3, -0.25) is 4.79 Å². The minimum atomic E-state index is -4.51. The van der Waals surface area contributed by atoms with E-state index in [0.717, 1.165) is 35.5 Å². The molecule has 0 atom stereocenters. The van der Waals surface area contributed by atoms with Crippen molar-refractivity contribution in [3.8, 4) is 0 Å². The number of halogens is 3. The van der Waals surface area contributed by atoms with Crippen LogP contribution in [0.2, 0.25) is 0 Å². The van der Waals surface area contributed by atoms with E-state index in [1.54, 1.807) is 0 Å². The Morgan fingerprint density at radius 3 is 2.59 bits per heavy atom. The molecule has 0 saturated heterocycles. The molecule has 1 aliphatic carbocycles. The number of amides is 1. The Balaban J connectivity index is 1.70. The summed E-state index contributed by atoms with van der Waals surface area (Å²) in [5.74, 6) is -0.470. The maximum Gasteiger partial charge on any atom is 0.418 e. The van der Waals surface area contributed by atoms with E-state index in [1.807, 2.05) is 13.8 Å². The first-order valence-electron chi connectivity index (χ1n) is 8.91. The molecule has 0 aliphatic heterocycles. The molecule has 0 spiro atoms. The molecule has 1 heterocycles. The van der Waals surface area contributed by atoms with E-state index in [0.29, 0.717) is 6.04 Å². The van der Waals surface area contributed by atoms with E-state index in [-0.39, 0.29) is 11.4 Å². The van der Waals surface area contributed by atoms with E-state index in [2.05, 4.69) is 14.9 Å². The monoisotopic (exact) mass is 397 g/mol. The fourth-order valence-corrected chi connectivity index (χ4v) is 4.40. The summed E-state index contributed by atoms with van der Waals surface area (Å²) >= 11 is 1.27. The van der Waals surface area contributed by atoms with Gasteiger partial charge in [0.2, 0.25) is 5.91 Å². The third kappa shape index (κ3) is 4.48. The topological polar surface area (TPSA) is 46.9 Å². The van der Waals surface area contributed by atoms with Crippen LogP contribution in [0.15, 0.2) is 29.4 Å². The Morgan fingerprint density at radius 1 is 1.26 bits per heavy atom. The second-order valence-electron chi connectivity index (χ2n) is 6.75. The number of nitrogens with zero attached hydrogens (tertiary/aromatic N) is 2. The number of anilines is 1. The van der Waals surface area contributed by atoms with E-state index < -0.39 is 17.6 Å². The Kier molecular flexibility index (Phi) is 5.83. The fourth-order valence-electron chi connectivity index (χ4n) is 3.45. The lowest BCUT2D eigenvalue weighted by atomic mass is 10.1. The van der Waals surface area contributed by atoms with Crippen LogP contribution in [-0.2, 0) is 11.0 Å². The predicted octanol–water partition coefficient (Wildman–Crippen LogP) is 5.36. The molecule has 27 heavy (non-hydrogen) atoms. The Bertz CT molecular complexity index is 826. The molecule has 0 radical (unpaired) electrons. The lowest BCUT2D eigenvalue weighted by Crippen LogP contribution is -2.18. The van der Waals surface area contributed by atoms with E-state index in [1.165, 1.54) is 42.8 Å². The molecule has 3 rings (SSSR count). The molecule has 1 saturated carbocycles. The first kappa shape index (κ1) is 19.8. The number of benzene rings is 1.